The minimum atomic E-state index is -4.60. The maximum Gasteiger partial charge on any atom is 0.417 e. The van der Waals surface area contributed by atoms with Crippen molar-refractivity contribution in [1.82, 2.24) is 9.88 Å². The number of nitrogens with one attached hydrogen (secondary N) is 1. The molecule has 0 bridgehead atoms. The van der Waals surface area contributed by atoms with Crippen molar-refractivity contribution in [2.45, 2.75) is 6.18 Å². The minimum Gasteiger partial charge on any atom is -0.353 e. The van der Waals surface area contributed by atoms with Gasteiger partial charge in [-0.05, 0) is 30.3 Å². The molecule has 1 fully saturated rings. The Bertz CT molecular complexity index is 936. The van der Waals surface area contributed by atoms with Gasteiger partial charge in [-0.25, -0.2) is 4.98 Å². The molecule has 152 valence electrons. The molecular formula is C19H17ClF3N5O. The predicted octanol–water partition coefficient (Wildman–Crippen LogP) is 3.39. The number of carbonyl (C=O) groups excluding carboxylic acids is 1. The average molecular weight is 424 g/mol. The minimum absolute atomic E-state index is 0.0394. The van der Waals surface area contributed by atoms with E-state index in [0.717, 1.165) is 12.1 Å². The molecule has 0 radical (unpaired) electrons. The fourth-order valence-corrected chi connectivity index (χ4v) is 3.30. The first-order valence-electron chi connectivity index (χ1n) is 8.77. The highest BCUT2D eigenvalue weighted by atomic mass is 35.5. The number of pyridine rings is 1. The van der Waals surface area contributed by atoms with Crippen LogP contribution in [0.15, 0.2) is 36.5 Å². The molecule has 10 heteroatoms. The maximum absolute atomic E-state index is 12.9. The van der Waals surface area contributed by atoms with Crippen LogP contribution in [0.4, 0.5) is 24.7 Å². The Kier molecular flexibility index (Phi) is 6.25. The van der Waals surface area contributed by atoms with Crippen LogP contribution in [0.1, 0.15) is 11.1 Å². The Morgan fingerprint density at radius 2 is 1.97 bits per heavy atom. The molecule has 0 atom stereocenters. The molecule has 6 nitrogen and oxygen atoms in total. The van der Waals surface area contributed by atoms with Crippen molar-refractivity contribution in [2.75, 3.05) is 42.9 Å². The van der Waals surface area contributed by atoms with E-state index in [1.54, 1.807) is 18.3 Å². The first kappa shape index (κ1) is 20.9. The summed E-state index contributed by atoms with van der Waals surface area (Å²) in [5.74, 6) is 0.199. The quantitative estimate of drug-likeness (QED) is 0.816. The number of halogens is 4. The molecule has 3 rings (SSSR count). The number of rotatable bonds is 4. The number of nitriles is 1. The lowest BCUT2D eigenvalue weighted by molar-refractivity contribution is -0.137. The zero-order chi connectivity index (χ0) is 21.0. The largest absolute Gasteiger partial charge is 0.417 e. The van der Waals surface area contributed by atoms with Crippen molar-refractivity contribution in [2.24, 2.45) is 0 Å². The highest BCUT2D eigenvalue weighted by molar-refractivity contribution is 6.31. The average Bonchev–Trinajstić information content (AvgIpc) is 2.69. The molecule has 1 aliphatic rings. The van der Waals surface area contributed by atoms with E-state index in [1.807, 2.05) is 9.80 Å². The SMILES string of the molecule is N#Cc1cccnc1N1CCN(CC(=O)Nc2ccc(Cl)c(C(F)(F)F)c2)CC1. The van der Waals surface area contributed by atoms with Crippen LogP contribution in [-0.4, -0.2) is 48.5 Å². The molecule has 1 aromatic heterocycles. The van der Waals surface area contributed by atoms with Gasteiger partial charge in [-0.15, -0.1) is 0 Å². The molecule has 0 saturated carbocycles. The van der Waals surface area contributed by atoms with Crippen LogP contribution in [-0.2, 0) is 11.0 Å². The lowest BCUT2D eigenvalue weighted by Gasteiger charge is -2.35. The van der Waals surface area contributed by atoms with Gasteiger partial charge in [0.2, 0.25) is 5.91 Å². The summed E-state index contributed by atoms with van der Waals surface area (Å²) >= 11 is 5.59. The molecule has 1 aliphatic heterocycles. The van der Waals surface area contributed by atoms with Gasteiger partial charge in [0, 0.05) is 38.1 Å². The summed E-state index contributed by atoms with van der Waals surface area (Å²) in [5.41, 5.74) is -0.464. The van der Waals surface area contributed by atoms with Crippen LogP contribution >= 0.6 is 11.6 Å². The van der Waals surface area contributed by atoms with Crippen LogP contribution < -0.4 is 10.2 Å². The summed E-state index contributed by atoms with van der Waals surface area (Å²) in [5, 5.41) is 11.3. The zero-order valence-electron chi connectivity index (χ0n) is 15.2. The summed E-state index contributed by atoms with van der Waals surface area (Å²) < 4.78 is 38.8. The van der Waals surface area contributed by atoms with Crippen molar-refractivity contribution in [3.05, 3.63) is 52.7 Å². The van der Waals surface area contributed by atoms with Crippen molar-refractivity contribution in [3.63, 3.8) is 0 Å². The van der Waals surface area contributed by atoms with Gasteiger partial charge < -0.3 is 10.2 Å². The van der Waals surface area contributed by atoms with E-state index in [9.17, 15) is 23.2 Å². The summed E-state index contributed by atoms with van der Waals surface area (Å²) in [6.07, 6.45) is -2.97. The van der Waals surface area contributed by atoms with E-state index in [1.165, 1.54) is 6.07 Å². The number of nitrogens with zero attached hydrogens (tertiary/aromatic N) is 4. The van der Waals surface area contributed by atoms with E-state index in [0.29, 0.717) is 37.6 Å². The van der Waals surface area contributed by atoms with E-state index >= 15 is 0 Å². The molecule has 1 N–H and O–H groups in total. The molecule has 0 aliphatic carbocycles. The molecule has 0 spiro atoms. The molecule has 1 saturated heterocycles. The van der Waals surface area contributed by atoms with Gasteiger partial charge in [0.15, 0.2) is 0 Å². The number of amides is 1. The Morgan fingerprint density at radius 3 is 2.62 bits per heavy atom. The number of alkyl halides is 3. The summed E-state index contributed by atoms with van der Waals surface area (Å²) in [7, 11) is 0. The van der Waals surface area contributed by atoms with Crippen LogP contribution in [0, 0.1) is 11.3 Å². The van der Waals surface area contributed by atoms with E-state index < -0.39 is 22.7 Å². The number of hydrogen-bond acceptors (Lipinski definition) is 5. The van der Waals surface area contributed by atoms with Crippen LogP contribution in [0.25, 0.3) is 0 Å². The number of aromatic nitrogens is 1. The normalized spacial score (nSPS) is 15.1. The molecular weight excluding hydrogens is 407 g/mol. The van der Waals surface area contributed by atoms with Gasteiger partial charge >= 0.3 is 6.18 Å². The first-order chi connectivity index (χ1) is 13.8. The smallest absolute Gasteiger partial charge is 0.353 e. The van der Waals surface area contributed by atoms with Gasteiger partial charge in [0.05, 0.1) is 22.7 Å². The number of anilines is 2. The van der Waals surface area contributed by atoms with Crippen molar-refractivity contribution in [3.8, 4) is 6.07 Å². The zero-order valence-corrected chi connectivity index (χ0v) is 16.0. The van der Waals surface area contributed by atoms with Crippen molar-refractivity contribution in [1.29, 1.82) is 5.26 Å². The van der Waals surface area contributed by atoms with E-state index in [-0.39, 0.29) is 12.2 Å². The third kappa shape index (κ3) is 5.16. The van der Waals surface area contributed by atoms with Gasteiger partial charge in [-0.1, -0.05) is 11.6 Å². The second-order valence-electron chi connectivity index (χ2n) is 6.49. The molecule has 29 heavy (non-hydrogen) atoms. The maximum atomic E-state index is 12.9. The van der Waals surface area contributed by atoms with Gasteiger partial charge in [0.25, 0.3) is 0 Å². The molecule has 2 heterocycles. The van der Waals surface area contributed by atoms with Crippen molar-refractivity contribution >= 4 is 29.0 Å². The number of hydrogen-bond donors (Lipinski definition) is 1. The first-order valence-corrected chi connectivity index (χ1v) is 9.15. The van der Waals surface area contributed by atoms with Gasteiger partial charge in [-0.3, -0.25) is 9.69 Å². The van der Waals surface area contributed by atoms with Crippen molar-refractivity contribution < 1.29 is 18.0 Å². The highest BCUT2D eigenvalue weighted by Gasteiger charge is 2.33. The van der Waals surface area contributed by atoms with Gasteiger partial charge in [-0.2, -0.15) is 18.4 Å². The molecule has 1 aromatic carbocycles. The van der Waals surface area contributed by atoms with Gasteiger partial charge in [0.1, 0.15) is 11.9 Å². The number of piperazine rings is 1. The van der Waals surface area contributed by atoms with E-state index in [4.69, 9.17) is 11.6 Å². The topological polar surface area (TPSA) is 72.3 Å². The lowest BCUT2D eigenvalue weighted by Crippen LogP contribution is -2.49. The summed E-state index contributed by atoms with van der Waals surface area (Å²) in [6.45, 7) is 2.33. The lowest BCUT2D eigenvalue weighted by atomic mass is 10.2. The second kappa shape index (κ2) is 8.68. The third-order valence-electron chi connectivity index (χ3n) is 4.50. The Balaban J connectivity index is 1.56. The standard InChI is InChI=1S/C19H17ClF3N5O/c20-16-4-3-14(10-15(16)19(21,22)23)26-17(29)12-27-6-8-28(9-7-27)18-13(11-24)2-1-5-25-18/h1-5,10H,6-9,12H2,(H,26,29). The predicted molar refractivity (Wildman–Crippen MR) is 103 cm³/mol. The summed E-state index contributed by atoms with van der Waals surface area (Å²) in [6, 6.07) is 8.77. The van der Waals surface area contributed by atoms with Crippen LogP contribution in [0.2, 0.25) is 5.02 Å². The fraction of sp³-hybridized carbons (Fsp3) is 0.316. The van der Waals surface area contributed by atoms with Crippen LogP contribution in [0.5, 0.6) is 0 Å². The highest BCUT2D eigenvalue weighted by Crippen LogP contribution is 2.36. The third-order valence-corrected chi connectivity index (χ3v) is 4.83. The number of benzene rings is 1. The Morgan fingerprint density at radius 1 is 1.24 bits per heavy atom. The Hall–Kier alpha value is -2.83. The van der Waals surface area contributed by atoms with Crippen LogP contribution in [0.3, 0.4) is 0 Å². The molecule has 1 amide bonds. The molecule has 0 unspecified atom stereocenters. The van der Waals surface area contributed by atoms with E-state index in [2.05, 4.69) is 16.4 Å². The fourth-order valence-electron chi connectivity index (χ4n) is 3.08. The monoisotopic (exact) mass is 423 g/mol. The molecule has 2 aromatic rings. The summed E-state index contributed by atoms with van der Waals surface area (Å²) in [4.78, 5) is 20.4. The Labute approximate surface area is 170 Å². The number of carbonyl (C=O) groups is 1. The second-order valence-corrected chi connectivity index (χ2v) is 6.90.